The number of carbonyl (C=O) groups excluding carboxylic acids is 2. The summed E-state index contributed by atoms with van der Waals surface area (Å²) in [6.45, 7) is 1.39. The van der Waals surface area contributed by atoms with Gasteiger partial charge in [0, 0.05) is 24.7 Å². The standard InChI is InChI=1S/C20H21N3O5/c1-26-16-5-3-2-4-15(16)22-20(25)21-13-10-19(24)23(12-13)14-6-7-17-18(11-14)28-9-8-27-17/h2-7,11,13H,8-10,12H2,1H3,(H2,21,22,25)/t13-/m0/s1. The quantitative estimate of drug-likeness (QED) is 0.846. The molecule has 8 heteroatoms. The zero-order valence-corrected chi connectivity index (χ0v) is 15.4. The van der Waals surface area contributed by atoms with Crippen molar-refractivity contribution in [2.75, 3.05) is 37.1 Å². The molecule has 1 saturated heterocycles. The molecule has 2 aromatic rings. The SMILES string of the molecule is COc1ccccc1NC(=O)N[C@H]1CC(=O)N(c2ccc3c(c2)OCCO3)C1. The summed E-state index contributed by atoms with van der Waals surface area (Å²) < 4.78 is 16.3. The Labute approximate surface area is 162 Å². The van der Waals surface area contributed by atoms with Crippen molar-refractivity contribution in [2.24, 2.45) is 0 Å². The van der Waals surface area contributed by atoms with Crippen LogP contribution in [0.4, 0.5) is 16.2 Å². The predicted molar refractivity (Wildman–Crippen MR) is 103 cm³/mol. The lowest BCUT2D eigenvalue weighted by Crippen LogP contribution is -2.39. The number of methoxy groups -OCH3 is 1. The molecular formula is C20H21N3O5. The van der Waals surface area contributed by atoms with Gasteiger partial charge in [-0.1, -0.05) is 12.1 Å². The van der Waals surface area contributed by atoms with E-state index >= 15 is 0 Å². The second-order valence-corrected chi connectivity index (χ2v) is 6.53. The molecule has 146 valence electrons. The molecular weight excluding hydrogens is 362 g/mol. The summed E-state index contributed by atoms with van der Waals surface area (Å²) in [5.74, 6) is 1.81. The van der Waals surface area contributed by atoms with Crippen LogP contribution in [0.25, 0.3) is 0 Å². The Morgan fingerprint density at radius 1 is 1.14 bits per heavy atom. The molecule has 2 heterocycles. The van der Waals surface area contributed by atoms with E-state index in [4.69, 9.17) is 14.2 Å². The third kappa shape index (κ3) is 3.66. The van der Waals surface area contributed by atoms with Crippen LogP contribution in [-0.2, 0) is 4.79 Å². The monoisotopic (exact) mass is 383 g/mol. The number of hydrogen-bond donors (Lipinski definition) is 2. The van der Waals surface area contributed by atoms with E-state index in [2.05, 4.69) is 10.6 Å². The number of anilines is 2. The van der Waals surface area contributed by atoms with Crippen LogP contribution in [0, 0.1) is 0 Å². The second kappa shape index (κ2) is 7.67. The molecule has 0 aliphatic carbocycles. The van der Waals surface area contributed by atoms with Gasteiger partial charge in [-0.15, -0.1) is 0 Å². The summed E-state index contributed by atoms with van der Waals surface area (Å²) in [7, 11) is 1.54. The third-order valence-electron chi connectivity index (χ3n) is 4.65. The zero-order chi connectivity index (χ0) is 19.5. The Bertz CT molecular complexity index is 901. The van der Waals surface area contributed by atoms with Crippen LogP contribution in [0.15, 0.2) is 42.5 Å². The van der Waals surface area contributed by atoms with Crippen molar-refractivity contribution in [3.8, 4) is 17.2 Å². The van der Waals surface area contributed by atoms with Gasteiger partial charge >= 0.3 is 6.03 Å². The minimum atomic E-state index is -0.383. The van der Waals surface area contributed by atoms with Crippen LogP contribution in [-0.4, -0.2) is 44.8 Å². The molecule has 1 fully saturated rings. The van der Waals surface area contributed by atoms with Crippen LogP contribution in [0.2, 0.25) is 0 Å². The number of urea groups is 1. The molecule has 2 aliphatic heterocycles. The number of nitrogens with zero attached hydrogens (tertiary/aromatic N) is 1. The van der Waals surface area contributed by atoms with Crippen molar-refractivity contribution in [3.63, 3.8) is 0 Å². The molecule has 2 aromatic carbocycles. The van der Waals surface area contributed by atoms with Crippen LogP contribution in [0.3, 0.4) is 0 Å². The Kier molecular flexibility index (Phi) is 4.92. The first-order valence-electron chi connectivity index (χ1n) is 9.04. The normalized spacial score (nSPS) is 18.0. The van der Waals surface area contributed by atoms with Gasteiger partial charge in [-0.25, -0.2) is 4.79 Å². The lowest BCUT2D eigenvalue weighted by molar-refractivity contribution is -0.117. The number of rotatable bonds is 4. The average Bonchev–Trinajstić information content (AvgIpc) is 3.07. The highest BCUT2D eigenvalue weighted by Gasteiger charge is 2.32. The molecule has 2 N–H and O–H groups in total. The summed E-state index contributed by atoms with van der Waals surface area (Å²) in [6.07, 6.45) is 0.230. The van der Waals surface area contributed by atoms with Gasteiger partial charge in [-0.2, -0.15) is 0 Å². The Morgan fingerprint density at radius 2 is 1.93 bits per heavy atom. The van der Waals surface area contributed by atoms with Gasteiger partial charge in [0.05, 0.1) is 18.8 Å². The Morgan fingerprint density at radius 3 is 2.75 bits per heavy atom. The minimum Gasteiger partial charge on any atom is -0.495 e. The van der Waals surface area contributed by atoms with E-state index in [0.717, 1.165) is 5.69 Å². The maximum atomic E-state index is 12.5. The lowest BCUT2D eigenvalue weighted by atomic mass is 10.2. The van der Waals surface area contributed by atoms with E-state index in [1.165, 1.54) is 0 Å². The van der Waals surface area contributed by atoms with Crippen LogP contribution in [0.5, 0.6) is 17.2 Å². The van der Waals surface area contributed by atoms with Crippen LogP contribution in [0.1, 0.15) is 6.42 Å². The van der Waals surface area contributed by atoms with E-state index in [1.807, 2.05) is 12.1 Å². The number of amides is 3. The average molecular weight is 383 g/mol. The molecule has 4 rings (SSSR count). The van der Waals surface area contributed by atoms with Crippen molar-refractivity contribution in [2.45, 2.75) is 12.5 Å². The number of hydrogen-bond acceptors (Lipinski definition) is 5. The Balaban J connectivity index is 1.40. The van der Waals surface area contributed by atoms with E-state index in [1.54, 1.807) is 42.3 Å². The molecule has 1 atom stereocenters. The van der Waals surface area contributed by atoms with Gasteiger partial charge in [0.1, 0.15) is 19.0 Å². The second-order valence-electron chi connectivity index (χ2n) is 6.53. The molecule has 0 bridgehead atoms. The first kappa shape index (κ1) is 18.0. The fourth-order valence-electron chi connectivity index (χ4n) is 3.35. The number of fused-ring (bicyclic) bond motifs is 1. The van der Waals surface area contributed by atoms with Crippen molar-refractivity contribution >= 4 is 23.3 Å². The number of ether oxygens (including phenoxy) is 3. The summed E-state index contributed by atoms with van der Waals surface area (Å²) in [5, 5.41) is 5.60. The first-order valence-corrected chi connectivity index (χ1v) is 9.04. The van der Waals surface area contributed by atoms with E-state index in [9.17, 15) is 9.59 Å². The van der Waals surface area contributed by atoms with Crippen LogP contribution >= 0.6 is 0 Å². The molecule has 0 aromatic heterocycles. The Hall–Kier alpha value is -3.42. The van der Waals surface area contributed by atoms with Gasteiger partial charge in [-0.05, 0) is 24.3 Å². The lowest BCUT2D eigenvalue weighted by Gasteiger charge is -2.22. The van der Waals surface area contributed by atoms with Gasteiger partial charge in [0.15, 0.2) is 11.5 Å². The number of carbonyl (C=O) groups is 2. The van der Waals surface area contributed by atoms with E-state index in [0.29, 0.717) is 42.7 Å². The molecule has 0 saturated carbocycles. The van der Waals surface area contributed by atoms with Crippen LogP contribution < -0.4 is 29.7 Å². The van der Waals surface area contributed by atoms with Crippen molar-refractivity contribution < 1.29 is 23.8 Å². The number of para-hydroxylation sites is 2. The predicted octanol–water partition coefficient (Wildman–Crippen LogP) is 2.39. The summed E-state index contributed by atoms with van der Waals surface area (Å²) >= 11 is 0. The van der Waals surface area contributed by atoms with Gasteiger partial charge < -0.3 is 29.7 Å². The molecule has 3 amide bonds. The maximum Gasteiger partial charge on any atom is 0.319 e. The highest BCUT2D eigenvalue weighted by atomic mass is 16.6. The highest BCUT2D eigenvalue weighted by molar-refractivity contribution is 5.98. The smallest absolute Gasteiger partial charge is 0.319 e. The van der Waals surface area contributed by atoms with E-state index < -0.39 is 0 Å². The fraction of sp³-hybridized carbons (Fsp3) is 0.300. The van der Waals surface area contributed by atoms with Gasteiger partial charge in [0.25, 0.3) is 0 Å². The van der Waals surface area contributed by atoms with E-state index in [-0.39, 0.29) is 24.4 Å². The number of benzene rings is 2. The van der Waals surface area contributed by atoms with Crippen molar-refractivity contribution in [1.82, 2.24) is 5.32 Å². The summed E-state index contributed by atoms with van der Waals surface area (Å²) in [4.78, 5) is 26.4. The largest absolute Gasteiger partial charge is 0.495 e. The minimum absolute atomic E-state index is 0.0562. The summed E-state index contributed by atoms with van der Waals surface area (Å²) in [5.41, 5.74) is 1.29. The number of nitrogens with one attached hydrogen (secondary N) is 2. The molecule has 0 radical (unpaired) electrons. The molecule has 8 nitrogen and oxygen atoms in total. The maximum absolute atomic E-state index is 12.5. The molecule has 28 heavy (non-hydrogen) atoms. The zero-order valence-electron chi connectivity index (χ0n) is 15.4. The third-order valence-corrected chi connectivity index (χ3v) is 4.65. The fourth-order valence-corrected chi connectivity index (χ4v) is 3.35. The summed E-state index contributed by atoms with van der Waals surface area (Å²) in [6, 6.07) is 11.9. The van der Waals surface area contributed by atoms with Gasteiger partial charge in [0.2, 0.25) is 5.91 Å². The highest BCUT2D eigenvalue weighted by Crippen LogP contribution is 2.35. The molecule has 0 unspecified atom stereocenters. The van der Waals surface area contributed by atoms with Crippen molar-refractivity contribution in [3.05, 3.63) is 42.5 Å². The topological polar surface area (TPSA) is 89.1 Å². The molecule has 2 aliphatic rings. The molecule has 0 spiro atoms. The van der Waals surface area contributed by atoms with Gasteiger partial charge in [-0.3, -0.25) is 4.79 Å². The first-order chi connectivity index (χ1) is 13.6. The van der Waals surface area contributed by atoms with Crippen molar-refractivity contribution in [1.29, 1.82) is 0 Å².